The third-order valence-electron chi connectivity index (χ3n) is 2.44. The predicted molar refractivity (Wildman–Crippen MR) is 77.9 cm³/mol. The molecule has 122 valence electrons. The summed E-state index contributed by atoms with van der Waals surface area (Å²) in [7, 11) is 0. The van der Waals surface area contributed by atoms with E-state index in [1.807, 2.05) is 13.8 Å². The van der Waals surface area contributed by atoms with Gasteiger partial charge in [0.2, 0.25) is 5.91 Å². The van der Waals surface area contributed by atoms with Gasteiger partial charge in [0.25, 0.3) is 0 Å². The van der Waals surface area contributed by atoms with E-state index >= 15 is 0 Å². The van der Waals surface area contributed by atoms with Crippen LogP contribution in [-0.4, -0.2) is 40.8 Å². The summed E-state index contributed by atoms with van der Waals surface area (Å²) < 4.78 is 5.11. The van der Waals surface area contributed by atoms with E-state index in [4.69, 9.17) is 9.84 Å². The van der Waals surface area contributed by atoms with Crippen LogP contribution in [0.3, 0.4) is 0 Å². The van der Waals surface area contributed by atoms with Crippen molar-refractivity contribution in [1.29, 1.82) is 0 Å². The Balaban J connectivity index is 4.75. The molecule has 0 unspecified atom stereocenters. The number of hydrogen-bond acceptors (Lipinski definition) is 4. The lowest BCUT2D eigenvalue weighted by atomic mass is 10.0. The van der Waals surface area contributed by atoms with Crippen LogP contribution in [0.15, 0.2) is 0 Å². The molecule has 21 heavy (non-hydrogen) atoms. The number of alkyl carbamates (subject to hydrolysis) is 1. The molecule has 7 heteroatoms. The highest BCUT2D eigenvalue weighted by atomic mass is 16.6. The molecular weight excluding hydrogens is 276 g/mol. The zero-order chi connectivity index (χ0) is 16.8. The SMILES string of the molecule is CC(C)C[C@@H](NC(=O)OC(C)(C)C)C(=O)N[C@@H](C)C(=O)O. The van der Waals surface area contributed by atoms with Crippen molar-refractivity contribution in [3.8, 4) is 0 Å². The van der Waals surface area contributed by atoms with E-state index in [0.29, 0.717) is 6.42 Å². The van der Waals surface area contributed by atoms with Crippen LogP contribution in [0.2, 0.25) is 0 Å². The molecule has 2 amide bonds. The van der Waals surface area contributed by atoms with Crippen molar-refractivity contribution in [2.24, 2.45) is 5.92 Å². The van der Waals surface area contributed by atoms with Crippen LogP contribution >= 0.6 is 0 Å². The molecule has 0 aromatic carbocycles. The van der Waals surface area contributed by atoms with Gasteiger partial charge in [-0.2, -0.15) is 0 Å². The first-order valence-corrected chi connectivity index (χ1v) is 6.95. The van der Waals surface area contributed by atoms with E-state index in [0.717, 1.165) is 0 Å². The topological polar surface area (TPSA) is 105 Å². The number of aliphatic carboxylic acids is 1. The van der Waals surface area contributed by atoms with E-state index in [1.54, 1.807) is 20.8 Å². The monoisotopic (exact) mass is 302 g/mol. The van der Waals surface area contributed by atoms with Gasteiger partial charge in [0.05, 0.1) is 0 Å². The lowest BCUT2D eigenvalue weighted by Crippen LogP contribution is -2.52. The largest absolute Gasteiger partial charge is 0.480 e. The second-order valence-corrected chi connectivity index (χ2v) is 6.40. The van der Waals surface area contributed by atoms with Crippen LogP contribution in [0.4, 0.5) is 4.79 Å². The third-order valence-corrected chi connectivity index (χ3v) is 2.44. The Morgan fingerprint density at radius 1 is 1.10 bits per heavy atom. The van der Waals surface area contributed by atoms with Gasteiger partial charge in [0.1, 0.15) is 17.7 Å². The molecule has 0 saturated carbocycles. The Kier molecular flexibility index (Phi) is 7.18. The van der Waals surface area contributed by atoms with E-state index in [1.165, 1.54) is 6.92 Å². The van der Waals surface area contributed by atoms with Crippen molar-refractivity contribution in [3.05, 3.63) is 0 Å². The first kappa shape index (κ1) is 19.2. The molecular formula is C14H26N2O5. The summed E-state index contributed by atoms with van der Waals surface area (Å²) in [6.45, 7) is 10.3. The maximum Gasteiger partial charge on any atom is 0.408 e. The van der Waals surface area contributed by atoms with E-state index in [2.05, 4.69) is 10.6 Å². The Morgan fingerprint density at radius 3 is 2.00 bits per heavy atom. The van der Waals surface area contributed by atoms with Gasteiger partial charge in [0.15, 0.2) is 0 Å². The minimum Gasteiger partial charge on any atom is -0.480 e. The maximum atomic E-state index is 12.0. The van der Waals surface area contributed by atoms with Gasteiger partial charge in [-0.1, -0.05) is 13.8 Å². The van der Waals surface area contributed by atoms with Crippen LogP contribution in [0.1, 0.15) is 48.0 Å². The number of carboxylic acid groups (broad SMARTS) is 1. The number of nitrogens with one attached hydrogen (secondary N) is 2. The molecule has 0 bridgehead atoms. The van der Waals surface area contributed by atoms with Crippen molar-refractivity contribution < 1.29 is 24.2 Å². The summed E-state index contributed by atoms with van der Waals surface area (Å²) in [5.41, 5.74) is -0.669. The molecule has 0 aliphatic heterocycles. The van der Waals surface area contributed by atoms with Crippen LogP contribution in [0.25, 0.3) is 0 Å². The molecule has 0 spiro atoms. The van der Waals surface area contributed by atoms with Crippen molar-refractivity contribution in [1.82, 2.24) is 10.6 Å². The summed E-state index contributed by atoms with van der Waals surface area (Å²) >= 11 is 0. The average Bonchev–Trinajstić information content (AvgIpc) is 2.24. The minimum absolute atomic E-state index is 0.149. The number of ether oxygens (including phenoxy) is 1. The van der Waals surface area contributed by atoms with Gasteiger partial charge in [-0.25, -0.2) is 4.79 Å². The molecule has 0 rings (SSSR count). The van der Waals surface area contributed by atoms with Gasteiger partial charge in [-0.15, -0.1) is 0 Å². The number of hydrogen-bond donors (Lipinski definition) is 3. The molecule has 7 nitrogen and oxygen atoms in total. The third kappa shape index (κ3) is 8.88. The van der Waals surface area contributed by atoms with E-state index < -0.39 is 35.7 Å². The Labute approximate surface area is 125 Å². The van der Waals surface area contributed by atoms with Crippen molar-refractivity contribution in [2.75, 3.05) is 0 Å². The van der Waals surface area contributed by atoms with Crippen molar-refractivity contribution in [2.45, 2.75) is 65.6 Å². The fourth-order valence-corrected chi connectivity index (χ4v) is 1.53. The quantitative estimate of drug-likeness (QED) is 0.690. The highest BCUT2D eigenvalue weighted by Crippen LogP contribution is 2.09. The van der Waals surface area contributed by atoms with Gasteiger partial charge < -0.3 is 20.5 Å². The Hall–Kier alpha value is -1.79. The van der Waals surface area contributed by atoms with E-state index in [9.17, 15) is 14.4 Å². The summed E-state index contributed by atoms with van der Waals surface area (Å²) in [5, 5.41) is 13.6. The number of carbonyl (C=O) groups is 3. The second kappa shape index (κ2) is 7.85. The number of rotatable bonds is 6. The summed E-state index contributed by atoms with van der Waals surface area (Å²) in [6, 6.07) is -1.85. The zero-order valence-electron chi connectivity index (χ0n) is 13.5. The second-order valence-electron chi connectivity index (χ2n) is 6.40. The molecule has 0 heterocycles. The molecule has 0 aliphatic carbocycles. The average molecular weight is 302 g/mol. The van der Waals surface area contributed by atoms with Gasteiger partial charge in [-0.3, -0.25) is 9.59 Å². The summed E-state index contributed by atoms with van der Waals surface area (Å²) in [5.74, 6) is -1.52. The minimum atomic E-state index is -1.14. The highest BCUT2D eigenvalue weighted by Gasteiger charge is 2.27. The smallest absolute Gasteiger partial charge is 0.408 e. The lowest BCUT2D eigenvalue weighted by molar-refractivity contribution is -0.141. The van der Waals surface area contributed by atoms with Crippen LogP contribution < -0.4 is 10.6 Å². The summed E-state index contributed by atoms with van der Waals surface area (Å²) in [6.07, 6.45) is -0.316. The fourth-order valence-electron chi connectivity index (χ4n) is 1.53. The Bertz CT molecular complexity index is 387. The molecule has 2 atom stereocenters. The molecule has 0 aromatic heterocycles. The van der Waals surface area contributed by atoms with Crippen molar-refractivity contribution >= 4 is 18.0 Å². The molecule has 3 N–H and O–H groups in total. The van der Waals surface area contributed by atoms with Crippen molar-refractivity contribution in [3.63, 3.8) is 0 Å². The molecule has 0 aliphatic rings. The standard InChI is InChI=1S/C14H26N2O5/c1-8(2)7-10(11(17)15-9(3)12(18)19)16-13(20)21-14(4,5)6/h8-10H,7H2,1-6H3,(H,15,17)(H,16,20)(H,18,19)/t9-,10+/m0/s1. The van der Waals surface area contributed by atoms with E-state index in [-0.39, 0.29) is 5.92 Å². The normalized spacial score (nSPS) is 14.2. The lowest BCUT2D eigenvalue weighted by Gasteiger charge is -2.24. The van der Waals surface area contributed by atoms with Crippen LogP contribution in [0, 0.1) is 5.92 Å². The number of amides is 2. The fraction of sp³-hybridized carbons (Fsp3) is 0.786. The number of carbonyl (C=O) groups excluding carboxylic acids is 2. The first-order valence-electron chi connectivity index (χ1n) is 6.95. The van der Waals surface area contributed by atoms with Gasteiger partial charge >= 0.3 is 12.1 Å². The molecule has 0 fully saturated rings. The van der Waals surface area contributed by atoms with Crippen LogP contribution in [0.5, 0.6) is 0 Å². The van der Waals surface area contributed by atoms with Crippen LogP contribution in [-0.2, 0) is 14.3 Å². The first-order chi connectivity index (χ1) is 9.42. The number of carboxylic acids is 1. The molecule has 0 saturated heterocycles. The van der Waals surface area contributed by atoms with Gasteiger partial charge in [-0.05, 0) is 40.0 Å². The zero-order valence-corrected chi connectivity index (χ0v) is 13.5. The highest BCUT2D eigenvalue weighted by molar-refractivity contribution is 5.89. The predicted octanol–water partition coefficient (Wildman–Crippen LogP) is 1.52. The molecule has 0 radical (unpaired) electrons. The summed E-state index contributed by atoms with van der Waals surface area (Å²) in [4.78, 5) is 34.6. The van der Waals surface area contributed by atoms with Gasteiger partial charge in [0, 0.05) is 0 Å². The molecule has 0 aromatic rings. The maximum absolute atomic E-state index is 12.0. The Morgan fingerprint density at radius 2 is 1.62 bits per heavy atom.